The van der Waals surface area contributed by atoms with Gasteiger partial charge >= 0.3 is 0 Å². The summed E-state index contributed by atoms with van der Waals surface area (Å²) in [5.74, 6) is 5.13. The van der Waals surface area contributed by atoms with Crippen molar-refractivity contribution in [2.24, 2.45) is 51.5 Å². The Kier molecular flexibility index (Phi) is 6.48. The van der Waals surface area contributed by atoms with E-state index < -0.39 is 0 Å². The fourth-order valence-electron chi connectivity index (χ4n) is 8.92. The minimum atomic E-state index is -0.275. The summed E-state index contributed by atoms with van der Waals surface area (Å²) >= 11 is 6.74. The molecule has 30 heavy (non-hydrogen) atoms. The van der Waals surface area contributed by atoms with Crippen LogP contribution >= 0.6 is 11.6 Å². The lowest BCUT2D eigenvalue weighted by Gasteiger charge is -2.59. The highest BCUT2D eigenvalue weighted by Gasteiger charge is 2.60. The Morgan fingerprint density at radius 3 is 2.47 bits per heavy atom. The summed E-state index contributed by atoms with van der Waals surface area (Å²) in [4.78, 5) is 11.3. The molecule has 4 aliphatic carbocycles. The van der Waals surface area contributed by atoms with Gasteiger partial charge in [-0.3, -0.25) is 0 Å². The first-order chi connectivity index (χ1) is 14.2. The van der Waals surface area contributed by atoms with Crippen molar-refractivity contribution in [2.75, 3.05) is 0 Å². The lowest BCUT2D eigenvalue weighted by Crippen LogP contribution is -2.51. The highest BCUT2D eigenvalue weighted by molar-refractivity contribution is 6.30. The van der Waals surface area contributed by atoms with Crippen LogP contribution in [0.5, 0.6) is 0 Å². The number of allylic oxidation sites excluding steroid dienone is 1. The topological polar surface area (TPSA) is 29.4 Å². The molecule has 4 rings (SSSR count). The van der Waals surface area contributed by atoms with Crippen molar-refractivity contribution in [1.82, 2.24) is 0 Å². The molecule has 1 unspecified atom stereocenters. The molecule has 0 amide bonds. The van der Waals surface area contributed by atoms with Gasteiger partial charge in [-0.1, -0.05) is 70.7 Å². The summed E-state index contributed by atoms with van der Waals surface area (Å²) in [6.45, 7) is 12.4. The van der Waals surface area contributed by atoms with Crippen molar-refractivity contribution in [2.45, 2.75) is 111 Å². The summed E-state index contributed by atoms with van der Waals surface area (Å²) in [7, 11) is 0. The van der Waals surface area contributed by atoms with Crippen molar-refractivity contribution in [3.05, 3.63) is 15.5 Å². The van der Waals surface area contributed by atoms with E-state index in [1.165, 1.54) is 56.9 Å². The number of hydrogen-bond donors (Lipinski definition) is 0. The Balaban J connectivity index is 1.51. The second-order valence-electron chi connectivity index (χ2n) is 12.3. The molecule has 3 heteroatoms. The molecule has 170 valence electrons. The molecule has 8 atom stereocenters. The maximum atomic E-state index is 11.3. The Bertz CT molecular complexity index is 686. The number of halogens is 1. The van der Waals surface area contributed by atoms with Gasteiger partial charge in [0.25, 0.3) is 0 Å². The first kappa shape index (κ1) is 22.8. The molecule has 0 heterocycles. The van der Waals surface area contributed by atoms with Gasteiger partial charge in [-0.15, -0.1) is 0 Å². The third kappa shape index (κ3) is 3.61. The highest BCUT2D eigenvalue weighted by atomic mass is 35.5. The van der Waals surface area contributed by atoms with Crippen LogP contribution in [0.3, 0.4) is 0 Å². The Labute approximate surface area is 190 Å². The van der Waals surface area contributed by atoms with E-state index in [2.05, 4.69) is 39.8 Å². The molecule has 0 aromatic heterocycles. The Hall–Kier alpha value is -0.370. The second kappa shape index (κ2) is 8.53. The Morgan fingerprint density at radius 2 is 1.77 bits per heavy atom. The number of fused-ring (bicyclic) bond motifs is 5. The van der Waals surface area contributed by atoms with Crippen LogP contribution in [0.4, 0.5) is 0 Å². The van der Waals surface area contributed by atoms with Crippen LogP contribution in [-0.2, 0) is 0 Å². The molecule has 0 aromatic rings. The van der Waals surface area contributed by atoms with E-state index in [1.807, 2.05) is 0 Å². The van der Waals surface area contributed by atoms with Gasteiger partial charge in [0.05, 0.1) is 0 Å². The average Bonchev–Trinajstić information content (AvgIpc) is 3.05. The van der Waals surface area contributed by atoms with Crippen LogP contribution in [0.2, 0.25) is 0 Å². The molecular formula is C27H44ClNO. The lowest BCUT2D eigenvalue weighted by molar-refractivity contribution is -0.0599. The van der Waals surface area contributed by atoms with Gasteiger partial charge in [-0.05, 0) is 103 Å². The van der Waals surface area contributed by atoms with E-state index in [0.29, 0.717) is 5.41 Å². The fraction of sp³-hybridized carbons (Fsp3) is 0.926. The van der Waals surface area contributed by atoms with Crippen LogP contribution in [0, 0.1) is 51.2 Å². The molecule has 0 spiro atoms. The van der Waals surface area contributed by atoms with E-state index >= 15 is 0 Å². The number of rotatable bonds is 6. The van der Waals surface area contributed by atoms with Crippen LogP contribution in [0.25, 0.3) is 0 Å². The number of nitroso groups, excluding NO2 is 1. The highest BCUT2D eigenvalue weighted by Crippen LogP contribution is 2.68. The fourth-order valence-corrected chi connectivity index (χ4v) is 9.38. The molecular weight excluding hydrogens is 390 g/mol. The third-order valence-corrected chi connectivity index (χ3v) is 11.0. The summed E-state index contributed by atoms with van der Waals surface area (Å²) in [5, 5.41) is 4.16. The largest absolute Gasteiger partial charge is 0.150 e. The van der Waals surface area contributed by atoms with Gasteiger partial charge in [0, 0.05) is 5.03 Å². The predicted molar refractivity (Wildman–Crippen MR) is 127 cm³/mol. The molecule has 4 aliphatic rings. The Morgan fingerprint density at radius 1 is 1.00 bits per heavy atom. The molecule has 0 saturated heterocycles. The van der Waals surface area contributed by atoms with Gasteiger partial charge < -0.3 is 0 Å². The molecule has 0 aliphatic heterocycles. The van der Waals surface area contributed by atoms with Crippen LogP contribution < -0.4 is 0 Å². The zero-order valence-corrected chi connectivity index (χ0v) is 20.8. The SMILES string of the molecule is CC(C)CCC[C@@H](C)[C@H]1CC[C@H]2[C@@H]3CCC4=C(Cl)C(N=O)CC[C@]4(C)[C@H]3CC[C@]12C. The van der Waals surface area contributed by atoms with Crippen molar-refractivity contribution >= 4 is 11.6 Å². The van der Waals surface area contributed by atoms with Gasteiger partial charge in [0.15, 0.2) is 0 Å². The number of hydrogen-bond acceptors (Lipinski definition) is 2. The van der Waals surface area contributed by atoms with E-state index in [0.717, 1.165) is 59.8 Å². The maximum Gasteiger partial charge on any atom is 0.127 e. The third-order valence-electron chi connectivity index (χ3n) is 10.5. The van der Waals surface area contributed by atoms with E-state index in [-0.39, 0.29) is 11.5 Å². The van der Waals surface area contributed by atoms with Crippen molar-refractivity contribution in [3.63, 3.8) is 0 Å². The molecule has 0 radical (unpaired) electrons. The first-order valence-corrected chi connectivity index (χ1v) is 13.3. The zero-order chi connectivity index (χ0) is 21.7. The van der Waals surface area contributed by atoms with E-state index in [9.17, 15) is 4.91 Å². The van der Waals surface area contributed by atoms with Gasteiger partial charge in [-0.2, -0.15) is 4.91 Å². The summed E-state index contributed by atoms with van der Waals surface area (Å²) in [5.41, 5.74) is 2.16. The first-order valence-electron chi connectivity index (χ1n) is 12.9. The van der Waals surface area contributed by atoms with E-state index in [4.69, 9.17) is 11.6 Å². The second-order valence-corrected chi connectivity index (χ2v) is 12.8. The van der Waals surface area contributed by atoms with Crippen LogP contribution in [-0.4, -0.2) is 6.04 Å². The van der Waals surface area contributed by atoms with E-state index in [1.54, 1.807) is 0 Å². The summed E-state index contributed by atoms with van der Waals surface area (Å²) in [6.07, 6.45) is 14.2. The maximum absolute atomic E-state index is 11.3. The van der Waals surface area contributed by atoms with Crippen molar-refractivity contribution in [1.29, 1.82) is 0 Å². The van der Waals surface area contributed by atoms with Gasteiger partial charge in [0.1, 0.15) is 6.04 Å². The molecule has 0 N–H and O–H groups in total. The molecule has 0 bridgehead atoms. The summed E-state index contributed by atoms with van der Waals surface area (Å²) < 4.78 is 0. The van der Waals surface area contributed by atoms with Gasteiger partial charge in [-0.25, -0.2) is 0 Å². The number of nitrogens with zero attached hydrogens (tertiary/aromatic N) is 1. The molecule has 3 fully saturated rings. The lowest BCUT2D eigenvalue weighted by atomic mass is 9.46. The van der Waals surface area contributed by atoms with Gasteiger partial charge in [0.2, 0.25) is 0 Å². The molecule has 3 saturated carbocycles. The normalized spacial score (nSPS) is 44.4. The minimum Gasteiger partial charge on any atom is -0.150 e. The standard InChI is InChI=1S/C27H44ClNO/c1-17(2)7-6-8-18(3)20-11-12-21-19-9-10-23-25(28)24(29-30)14-16-27(23,5)22(19)13-15-26(20,21)4/h17-22,24H,6-16H2,1-5H3/t18-,19+,20-,21+,22+,24?,26-,27-/m1/s1. The predicted octanol–water partition coefficient (Wildman–Crippen LogP) is 8.73. The monoisotopic (exact) mass is 433 g/mol. The minimum absolute atomic E-state index is 0.212. The molecule has 0 aromatic carbocycles. The smallest absolute Gasteiger partial charge is 0.127 e. The van der Waals surface area contributed by atoms with Crippen LogP contribution in [0.15, 0.2) is 15.8 Å². The summed E-state index contributed by atoms with van der Waals surface area (Å²) in [6, 6.07) is -0.275. The van der Waals surface area contributed by atoms with Crippen molar-refractivity contribution in [3.8, 4) is 0 Å². The van der Waals surface area contributed by atoms with Crippen LogP contribution in [0.1, 0.15) is 105 Å². The quantitative estimate of drug-likeness (QED) is 0.385. The van der Waals surface area contributed by atoms with Crippen molar-refractivity contribution < 1.29 is 0 Å². The average molecular weight is 434 g/mol. The molecule has 2 nitrogen and oxygen atoms in total. The zero-order valence-electron chi connectivity index (χ0n) is 20.1.